The molecule has 1 aromatic heterocycles. The van der Waals surface area contributed by atoms with Crippen LogP contribution >= 0.6 is 0 Å². The second-order valence-electron chi connectivity index (χ2n) is 6.27. The van der Waals surface area contributed by atoms with E-state index in [0.717, 1.165) is 0 Å². The van der Waals surface area contributed by atoms with Crippen LogP contribution in [-0.4, -0.2) is 47.5 Å². The average molecular weight is 336 g/mol. The highest BCUT2D eigenvalue weighted by Gasteiger charge is 2.50. The van der Waals surface area contributed by atoms with Crippen LogP contribution in [0.3, 0.4) is 0 Å². The summed E-state index contributed by atoms with van der Waals surface area (Å²) in [5.74, 6) is 0.244. The number of para-hydroxylation sites is 1. The number of rotatable bonds is 3. The predicted octanol–water partition coefficient (Wildman–Crippen LogP) is 1.04. The van der Waals surface area contributed by atoms with Crippen LogP contribution in [0.4, 0.5) is 0 Å². The van der Waals surface area contributed by atoms with Gasteiger partial charge in [-0.15, -0.1) is 0 Å². The first kappa shape index (κ1) is 16.9. The molecule has 0 aliphatic carbocycles. The Balaban J connectivity index is 1.94. The van der Waals surface area contributed by atoms with E-state index in [-0.39, 0.29) is 11.3 Å². The fourth-order valence-corrected chi connectivity index (χ4v) is 2.99. The Morgan fingerprint density at radius 3 is 2.58 bits per heavy atom. The van der Waals surface area contributed by atoms with Gasteiger partial charge >= 0.3 is 5.63 Å². The molecule has 1 aromatic carbocycles. The van der Waals surface area contributed by atoms with Crippen molar-refractivity contribution >= 4 is 11.0 Å². The second-order valence-corrected chi connectivity index (χ2v) is 6.27. The molecule has 2 heterocycles. The molecule has 3 unspecified atom stereocenters. The van der Waals surface area contributed by atoms with Gasteiger partial charge in [0.2, 0.25) is 6.29 Å². The van der Waals surface area contributed by atoms with E-state index in [1.807, 2.05) is 0 Å². The molecule has 0 radical (unpaired) electrons. The van der Waals surface area contributed by atoms with E-state index in [9.17, 15) is 15.0 Å². The minimum Gasteiger partial charge on any atom is -0.458 e. The molecular weight excluding hydrogens is 316 g/mol. The fourth-order valence-electron chi connectivity index (χ4n) is 2.99. The van der Waals surface area contributed by atoms with E-state index in [4.69, 9.17) is 18.6 Å². The van der Waals surface area contributed by atoms with Gasteiger partial charge in [0.15, 0.2) is 11.3 Å². The normalized spacial score (nSPS) is 29.5. The number of hydrogen-bond acceptors (Lipinski definition) is 7. The maximum absolute atomic E-state index is 11.5. The number of methoxy groups -OCH3 is 1. The van der Waals surface area contributed by atoms with Crippen molar-refractivity contribution in [1.29, 1.82) is 0 Å². The van der Waals surface area contributed by atoms with Crippen LogP contribution in [0.1, 0.15) is 13.8 Å². The first-order valence-corrected chi connectivity index (χ1v) is 7.60. The molecule has 0 amide bonds. The Morgan fingerprint density at radius 2 is 1.88 bits per heavy atom. The molecule has 2 N–H and O–H groups in total. The van der Waals surface area contributed by atoms with Gasteiger partial charge in [0.1, 0.15) is 18.3 Å². The zero-order valence-electron chi connectivity index (χ0n) is 13.6. The molecule has 1 aliphatic heterocycles. The first-order valence-electron chi connectivity index (χ1n) is 7.60. The Bertz CT molecular complexity index is 782. The summed E-state index contributed by atoms with van der Waals surface area (Å²) < 4.78 is 21.9. The molecule has 7 heteroatoms. The molecular formula is C17H20O7. The van der Waals surface area contributed by atoms with Crippen LogP contribution < -0.4 is 10.4 Å². The van der Waals surface area contributed by atoms with Crippen LogP contribution in [0.2, 0.25) is 0 Å². The van der Waals surface area contributed by atoms with Crippen molar-refractivity contribution in [2.75, 3.05) is 7.11 Å². The third kappa shape index (κ3) is 2.91. The van der Waals surface area contributed by atoms with Crippen LogP contribution in [-0.2, 0) is 9.47 Å². The Kier molecular flexibility index (Phi) is 4.35. The number of aliphatic hydroxyl groups is 2. The topological polar surface area (TPSA) is 98.4 Å². The van der Waals surface area contributed by atoms with Crippen LogP contribution in [0.5, 0.6) is 5.75 Å². The highest BCUT2D eigenvalue weighted by atomic mass is 16.7. The summed E-state index contributed by atoms with van der Waals surface area (Å²) >= 11 is 0. The van der Waals surface area contributed by atoms with Crippen molar-refractivity contribution in [3.05, 3.63) is 40.8 Å². The number of fused-ring (bicyclic) bond motifs is 1. The van der Waals surface area contributed by atoms with E-state index >= 15 is 0 Å². The summed E-state index contributed by atoms with van der Waals surface area (Å²) in [7, 11) is 1.44. The maximum atomic E-state index is 11.5. The van der Waals surface area contributed by atoms with E-state index in [1.165, 1.54) is 13.2 Å². The molecule has 0 saturated carbocycles. The van der Waals surface area contributed by atoms with Gasteiger partial charge in [0, 0.05) is 18.6 Å². The van der Waals surface area contributed by atoms with Crippen molar-refractivity contribution in [2.45, 2.75) is 44.1 Å². The first-order chi connectivity index (χ1) is 11.3. The van der Waals surface area contributed by atoms with Crippen molar-refractivity contribution < 1.29 is 28.8 Å². The third-order valence-electron chi connectivity index (χ3n) is 4.15. The minimum atomic E-state index is -1.33. The monoisotopic (exact) mass is 336 g/mol. The minimum absolute atomic E-state index is 0.244. The molecule has 130 valence electrons. The Labute approximate surface area is 138 Å². The summed E-state index contributed by atoms with van der Waals surface area (Å²) in [6, 6.07) is 8.03. The summed E-state index contributed by atoms with van der Waals surface area (Å²) in [5.41, 5.74) is -1.14. The van der Waals surface area contributed by atoms with Crippen LogP contribution in [0.25, 0.3) is 11.0 Å². The zero-order valence-corrected chi connectivity index (χ0v) is 13.6. The summed E-state index contributed by atoms with van der Waals surface area (Å²) in [6.45, 7) is 3.46. The van der Waals surface area contributed by atoms with Gasteiger partial charge in [-0.1, -0.05) is 12.1 Å². The third-order valence-corrected chi connectivity index (χ3v) is 4.15. The van der Waals surface area contributed by atoms with Gasteiger partial charge in [-0.05, 0) is 26.0 Å². The van der Waals surface area contributed by atoms with E-state index in [1.54, 1.807) is 38.1 Å². The highest BCUT2D eigenvalue weighted by Crippen LogP contribution is 2.34. The molecule has 0 spiro atoms. The lowest BCUT2D eigenvalue weighted by Gasteiger charge is -2.46. The molecule has 7 nitrogen and oxygen atoms in total. The predicted molar refractivity (Wildman–Crippen MR) is 84.9 cm³/mol. The van der Waals surface area contributed by atoms with Gasteiger partial charge in [0.05, 0.1) is 5.60 Å². The van der Waals surface area contributed by atoms with Crippen LogP contribution in [0.15, 0.2) is 39.5 Å². The molecule has 1 aliphatic rings. The van der Waals surface area contributed by atoms with Gasteiger partial charge in [-0.3, -0.25) is 0 Å². The average Bonchev–Trinajstić information content (AvgIpc) is 2.53. The van der Waals surface area contributed by atoms with Gasteiger partial charge < -0.3 is 28.8 Å². The molecule has 1 saturated heterocycles. The maximum Gasteiger partial charge on any atom is 0.336 e. The second kappa shape index (κ2) is 6.18. The zero-order chi connectivity index (χ0) is 17.5. The summed E-state index contributed by atoms with van der Waals surface area (Å²) in [4.78, 5) is 11.5. The molecule has 4 atom stereocenters. The number of ether oxygens (including phenoxy) is 3. The summed E-state index contributed by atoms with van der Waals surface area (Å²) in [5, 5.41) is 21.2. The largest absolute Gasteiger partial charge is 0.458 e. The summed E-state index contributed by atoms with van der Waals surface area (Å²) in [6.07, 6.45) is -4.37. The van der Waals surface area contributed by atoms with Gasteiger partial charge in [0.25, 0.3) is 0 Å². The van der Waals surface area contributed by atoms with Crippen molar-refractivity contribution in [3.8, 4) is 5.75 Å². The lowest BCUT2D eigenvalue weighted by Crippen LogP contribution is -2.63. The molecule has 24 heavy (non-hydrogen) atoms. The van der Waals surface area contributed by atoms with Gasteiger partial charge in [-0.25, -0.2) is 4.79 Å². The molecule has 0 bridgehead atoms. The Morgan fingerprint density at radius 1 is 1.12 bits per heavy atom. The molecule has 1 fully saturated rings. The van der Waals surface area contributed by atoms with Gasteiger partial charge in [-0.2, -0.15) is 0 Å². The standard InChI is InChI=1S/C17H20O7/c1-17(2)15(21-3)12(19)13(20)16(24-17)22-10-6-4-5-9-7-8-11(18)23-14(9)10/h4-8,12-13,15-16,19-20H,1-3H3/t12?,13?,15-,16?/m1/s1. The smallest absolute Gasteiger partial charge is 0.336 e. The number of aliphatic hydroxyl groups excluding tert-OH is 2. The highest BCUT2D eigenvalue weighted by molar-refractivity contribution is 5.82. The number of hydrogen-bond donors (Lipinski definition) is 2. The number of benzene rings is 1. The van der Waals surface area contributed by atoms with Crippen molar-refractivity contribution in [1.82, 2.24) is 0 Å². The SMILES string of the molecule is CO[C@@H]1C(O)C(O)C(Oc2cccc3ccc(=O)oc23)OC1(C)C. The van der Waals surface area contributed by atoms with E-state index < -0.39 is 35.8 Å². The lowest BCUT2D eigenvalue weighted by atomic mass is 9.89. The van der Waals surface area contributed by atoms with E-state index in [2.05, 4.69) is 0 Å². The molecule has 2 aromatic rings. The van der Waals surface area contributed by atoms with Crippen molar-refractivity contribution in [2.24, 2.45) is 0 Å². The lowest BCUT2D eigenvalue weighted by molar-refractivity contribution is -0.305. The quantitative estimate of drug-likeness (QED) is 0.808. The molecule has 3 rings (SSSR count). The Hall–Kier alpha value is -1.93. The van der Waals surface area contributed by atoms with Crippen molar-refractivity contribution in [3.63, 3.8) is 0 Å². The van der Waals surface area contributed by atoms with E-state index in [0.29, 0.717) is 5.39 Å². The van der Waals surface area contributed by atoms with Crippen LogP contribution in [0, 0.1) is 0 Å². The fraction of sp³-hybridized carbons (Fsp3) is 0.471.